The van der Waals surface area contributed by atoms with Crippen molar-refractivity contribution >= 4 is 11.6 Å². The van der Waals surface area contributed by atoms with Crippen LogP contribution in [-0.2, 0) is 6.61 Å². The Bertz CT molecular complexity index is 608. The van der Waals surface area contributed by atoms with Gasteiger partial charge in [0, 0.05) is 10.6 Å². The number of aryl methyl sites for hydroxylation is 1. The van der Waals surface area contributed by atoms with Crippen LogP contribution in [0.15, 0.2) is 36.4 Å². The van der Waals surface area contributed by atoms with E-state index in [1.165, 1.54) is 17.7 Å². The number of ether oxygens (including phenoxy) is 1. The Labute approximate surface area is 124 Å². The average molecular weight is 293 g/mol. The lowest BCUT2D eigenvalue weighted by Crippen LogP contribution is -2.01. The topological polar surface area (TPSA) is 9.23 Å². The Morgan fingerprint density at radius 3 is 2.60 bits per heavy atom. The van der Waals surface area contributed by atoms with Gasteiger partial charge in [-0.05, 0) is 48.2 Å². The summed E-state index contributed by atoms with van der Waals surface area (Å²) < 4.78 is 19.4. The lowest BCUT2D eigenvalue weighted by molar-refractivity contribution is 0.297. The summed E-state index contributed by atoms with van der Waals surface area (Å²) >= 11 is 5.87. The molecule has 0 aliphatic heterocycles. The molecule has 0 aromatic heterocycles. The van der Waals surface area contributed by atoms with Gasteiger partial charge in [-0.2, -0.15) is 0 Å². The second-order valence-electron chi connectivity index (χ2n) is 5.20. The highest BCUT2D eigenvalue weighted by atomic mass is 35.5. The van der Waals surface area contributed by atoms with Gasteiger partial charge < -0.3 is 4.74 Å². The number of hydrogen-bond acceptors (Lipinski definition) is 1. The monoisotopic (exact) mass is 292 g/mol. The zero-order chi connectivity index (χ0) is 14.7. The number of halogens is 2. The van der Waals surface area contributed by atoms with E-state index in [2.05, 4.69) is 19.9 Å². The summed E-state index contributed by atoms with van der Waals surface area (Å²) in [6.07, 6.45) is 0. The average Bonchev–Trinajstić information content (AvgIpc) is 2.41. The van der Waals surface area contributed by atoms with Gasteiger partial charge in [-0.15, -0.1) is 0 Å². The largest absolute Gasteiger partial charge is 0.489 e. The van der Waals surface area contributed by atoms with Crippen molar-refractivity contribution in [3.8, 4) is 5.75 Å². The third-order valence-electron chi connectivity index (χ3n) is 3.27. The van der Waals surface area contributed by atoms with Gasteiger partial charge in [0.1, 0.15) is 18.2 Å². The third-order valence-corrected chi connectivity index (χ3v) is 3.50. The van der Waals surface area contributed by atoms with E-state index in [1.54, 1.807) is 6.07 Å². The Hall–Kier alpha value is -1.54. The fourth-order valence-corrected chi connectivity index (χ4v) is 2.14. The van der Waals surface area contributed by atoms with Gasteiger partial charge in [0.15, 0.2) is 0 Å². The Kier molecular flexibility index (Phi) is 4.66. The molecule has 1 nitrogen and oxygen atoms in total. The first-order valence-corrected chi connectivity index (χ1v) is 7.02. The SMILES string of the molecule is Cc1ccc(C(C)C)cc1OCc1cc(Cl)ccc1F. The van der Waals surface area contributed by atoms with Crippen LogP contribution >= 0.6 is 11.6 Å². The fourth-order valence-electron chi connectivity index (χ4n) is 1.94. The van der Waals surface area contributed by atoms with E-state index in [1.807, 2.05) is 19.1 Å². The molecule has 0 atom stereocenters. The Morgan fingerprint density at radius 2 is 1.90 bits per heavy atom. The van der Waals surface area contributed by atoms with E-state index in [-0.39, 0.29) is 12.4 Å². The summed E-state index contributed by atoms with van der Waals surface area (Å²) in [7, 11) is 0. The van der Waals surface area contributed by atoms with Gasteiger partial charge >= 0.3 is 0 Å². The second kappa shape index (κ2) is 6.27. The summed E-state index contributed by atoms with van der Waals surface area (Å²) in [4.78, 5) is 0. The standard InChI is InChI=1S/C17H18ClFO/c1-11(2)13-5-4-12(3)17(9-13)20-10-14-8-15(18)6-7-16(14)19/h4-9,11H,10H2,1-3H3. The zero-order valence-electron chi connectivity index (χ0n) is 11.9. The molecule has 0 amide bonds. The molecule has 0 N–H and O–H groups in total. The quantitative estimate of drug-likeness (QED) is 0.724. The molecular formula is C17H18ClFO. The van der Waals surface area contributed by atoms with Crippen LogP contribution in [0.3, 0.4) is 0 Å². The molecule has 2 rings (SSSR count). The van der Waals surface area contributed by atoms with Crippen LogP contribution in [-0.4, -0.2) is 0 Å². The summed E-state index contributed by atoms with van der Waals surface area (Å²) in [5.74, 6) is 0.920. The van der Waals surface area contributed by atoms with Crippen molar-refractivity contribution < 1.29 is 9.13 Å². The zero-order valence-corrected chi connectivity index (χ0v) is 12.7. The minimum absolute atomic E-state index is 0.175. The molecule has 0 saturated carbocycles. The van der Waals surface area contributed by atoms with Crippen molar-refractivity contribution in [2.45, 2.75) is 33.3 Å². The molecule has 3 heteroatoms. The molecule has 0 unspecified atom stereocenters. The summed E-state index contributed by atoms with van der Waals surface area (Å²) in [6.45, 7) is 6.42. The van der Waals surface area contributed by atoms with E-state index in [0.29, 0.717) is 16.5 Å². The van der Waals surface area contributed by atoms with Gasteiger partial charge in [0.2, 0.25) is 0 Å². The van der Waals surface area contributed by atoms with Crippen LogP contribution < -0.4 is 4.74 Å². The third kappa shape index (κ3) is 3.51. The van der Waals surface area contributed by atoms with E-state index < -0.39 is 0 Å². The summed E-state index contributed by atoms with van der Waals surface area (Å²) in [6, 6.07) is 10.6. The maximum atomic E-state index is 13.6. The molecule has 0 spiro atoms. The van der Waals surface area contributed by atoms with Crippen LogP contribution in [0.2, 0.25) is 5.02 Å². The Balaban J connectivity index is 2.18. The maximum Gasteiger partial charge on any atom is 0.129 e. The highest BCUT2D eigenvalue weighted by Crippen LogP contribution is 2.25. The maximum absolute atomic E-state index is 13.6. The van der Waals surface area contributed by atoms with E-state index >= 15 is 0 Å². The van der Waals surface area contributed by atoms with Gasteiger partial charge in [-0.3, -0.25) is 0 Å². The van der Waals surface area contributed by atoms with Crippen molar-refractivity contribution in [2.75, 3.05) is 0 Å². The smallest absolute Gasteiger partial charge is 0.129 e. The molecule has 0 fully saturated rings. The van der Waals surface area contributed by atoms with Gasteiger partial charge in [0.25, 0.3) is 0 Å². The van der Waals surface area contributed by atoms with Gasteiger partial charge in [0.05, 0.1) is 0 Å². The molecule has 2 aromatic rings. The van der Waals surface area contributed by atoms with Gasteiger partial charge in [-0.25, -0.2) is 4.39 Å². The van der Waals surface area contributed by atoms with Crippen molar-refractivity contribution in [1.82, 2.24) is 0 Å². The molecule has 20 heavy (non-hydrogen) atoms. The van der Waals surface area contributed by atoms with Crippen LogP contribution in [0.4, 0.5) is 4.39 Å². The molecule has 106 valence electrons. The molecule has 0 aliphatic rings. The van der Waals surface area contributed by atoms with Crippen molar-refractivity contribution in [3.05, 3.63) is 63.9 Å². The predicted octanol–water partition coefficient (Wildman–Crippen LogP) is 5.49. The van der Waals surface area contributed by atoms with Crippen molar-refractivity contribution in [1.29, 1.82) is 0 Å². The van der Waals surface area contributed by atoms with Crippen LogP contribution in [0.5, 0.6) is 5.75 Å². The van der Waals surface area contributed by atoms with Crippen LogP contribution in [0, 0.1) is 12.7 Å². The van der Waals surface area contributed by atoms with Crippen LogP contribution in [0.25, 0.3) is 0 Å². The van der Waals surface area contributed by atoms with E-state index in [4.69, 9.17) is 16.3 Å². The molecule has 2 aromatic carbocycles. The minimum atomic E-state index is -0.299. The molecule has 0 radical (unpaired) electrons. The first kappa shape index (κ1) is 14.9. The lowest BCUT2D eigenvalue weighted by atomic mass is 10.0. The normalized spacial score (nSPS) is 10.9. The highest BCUT2D eigenvalue weighted by molar-refractivity contribution is 6.30. The molecule has 0 saturated heterocycles. The highest BCUT2D eigenvalue weighted by Gasteiger charge is 2.08. The van der Waals surface area contributed by atoms with Crippen LogP contribution in [0.1, 0.15) is 36.5 Å². The number of hydrogen-bond donors (Lipinski definition) is 0. The van der Waals surface area contributed by atoms with Crippen molar-refractivity contribution in [2.24, 2.45) is 0 Å². The predicted molar refractivity (Wildman–Crippen MR) is 81.0 cm³/mol. The van der Waals surface area contributed by atoms with Crippen molar-refractivity contribution in [3.63, 3.8) is 0 Å². The molecular weight excluding hydrogens is 275 g/mol. The van der Waals surface area contributed by atoms with E-state index in [0.717, 1.165) is 11.3 Å². The second-order valence-corrected chi connectivity index (χ2v) is 5.64. The first-order valence-electron chi connectivity index (χ1n) is 6.64. The molecule has 0 heterocycles. The number of benzene rings is 2. The van der Waals surface area contributed by atoms with E-state index in [9.17, 15) is 4.39 Å². The Morgan fingerprint density at radius 1 is 1.15 bits per heavy atom. The lowest BCUT2D eigenvalue weighted by Gasteiger charge is -2.13. The first-order chi connectivity index (χ1) is 9.47. The summed E-state index contributed by atoms with van der Waals surface area (Å²) in [5, 5.41) is 0.512. The fraction of sp³-hybridized carbons (Fsp3) is 0.294. The summed E-state index contributed by atoms with van der Waals surface area (Å²) in [5.41, 5.74) is 2.71. The molecule has 0 bridgehead atoms. The minimum Gasteiger partial charge on any atom is -0.489 e. The number of rotatable bonds is 4. The van der Waals surface area contributed by atoms with Gasteiger partial charge in [-0.1, -0.05) is 37.6 Å². The molecule has 0 aliphatic carbocycles.